The zero-order valence-electron chi connectivity index (χ0n) is 14.8. The van der Waals surface area contributed by atoms with Gasteiger partial charge in [-0.2, -0.15) is 4.31 Å². The molecule has 1 amide bonds. The molecule has 7 nitrogen and oxygen atoms in total. The lowest BCUT2D eigenvalue weighted by Crippen LogP contribution is -2.46. The molecule has 0 unspecified atom stereocenters. The van der Waals surface area contributed by atoms with E-state index in [1.807, 2.05) is 0 Å². The molecule has 2 atom stereocenters. The third kappa shape index (κ3) is 3.52. The van der Waals surface area contributed by atoms with Crippen molar-refractivity contribution in [3.8, 4) is 0 Å². The maximum atomic E-state index is 13.0. The Hall–Kier alpha value is -2.16. The van der Waals surface area contributed by atoms with Crippen molar-refractivity contribution in [1.82, 2.24) is 9.21 Å². The number of halogens is 1. The first-order valence-electron chi connectivity index (χ1n) is 8.33. The number of sulfonamides is 1. The summed E-state index contributed by atoms with van der Waals surface area (Å²) in [7, 11) is -2.57. The smallest absolute Gasteiger partial charge is 0.326 e. The quantitative estimate of drug-likeness (QED) is 0.815. The molecular weight excluding hydrogens is 392 g/mol. The number of carbonyl (C=O) groups excluding carboxylic acids is 1. The van der Waals surface area contributed by atoms with Crippen molar-refractivity contribution in [3.05, 3.63) is 41.4 Å². The van der Waals surface area contributed by atoms with Crippen LogP contribution in [0.5, 0.6) is 0 Å². The second kappa shape index (κ2) is 7.10. The van der Waals surface area contributed by atoms with Crippen LogP contribution in [0.4, 0.5) is 0 Å². The molecule has 1 heterocycles. The van der Waals surface area contributed by atoms with E-state index in [0.29, 0.717) is 10.4 Å². The van der Waals surface area contributed by atoms with Crippen molar-refractivity contribution in [1.29, 1.82) is 0 Å². The van der Waals surface area contributed by atoms with E-state index >= 15 is 0 Å². The van der Waals surface area contributed by atoms with Crippen LogP contribution in [0.2, 0.25) is 5.02 Å². The van der Waals surface area contributed by atoms with Gasteiger partial charge in [-0.25, -0.2) is 13.2 Å². The van der Waals surface area contributed by atoms with Crippen LogP contribution in [0, 0.1) is 0 Å². The molecule has 1 saturated heterocycles. The van der Waals surface area contributed by atoms with E-state index in [2.05, 4.69) is 0 Å². The van der Waals surface area contributed by atoms with E-state index in [4.69, 9.17) is 16.7 Å². The molecule has 2 aromatic carbocycles. The average Bonchev–Trinajstić information content (AvgIpc) is 3.00. The van der Waals surface area contributed by atoms with Crippen molar-refractivity contribution >= 4 is 44.3 Å². The molecule has 0 saturated carbocycles. The summed E-state index contributed by atoms with van der Waals surface area (Å²) in [4.78, 5) is 25.0. The minimum atomic E-state index is -3.92. The minimum Gasteiger partial charge on any atom is -0.480 e. The Kier molecular flexibility index (Phi) is 5.16. The molecule has 144 valence electrons. The lowest BCUT2D eigenvalue weighted by molar-refractivity contribution is -0.148. The van der Waals surface area contributed by atoms with Gasteiger partial charge in [0.05, 0.1) is 4.90 Å². The summed E-state index contributed by atoms with van der Waals surface area (Å²) in [6.07, 6.45) is 0.245. The molecule has 2 aromatic rings. The Morgan fingerprint density at radius 2 is 1.89 bits per heavy atom. The van der Waals surface area contributed by atoms with Gasteiger partial charge in [-0.15, -0.1) is 0 Å². The predicted octanol–water partition coefficient (Wildman–Crippen LogP) is 2.19. The van der Waals surface area contributed by atoms with Crippen molar-refractivity contribution in [2.24, 2.45) is 0 Å². The standard InChI is InChI=1S/C18H19ClN2O5S/c1-11(18(23)24)21-8-7-16(17(21)22)20(2)27(25,26)15-6-4-12-9-14(19)5-3-13(12)10-15/h3-6,9-11,16H,7-8H2,1-2H3,(H,23,24)/t11-,16+/m1/s1. The van der Waals surface area contributed by atoms with Gasteiger partial charge >= 0.3 is 5.97 Å². The molecule has 1 aliphatic rings. The van der Waals surface area contributed by atoms with E-state index in [1.165, 1.54) is 31.0 Å². The summed E-state index contributed by atoms with van der Waals surface area (Å²) in [5.74, 6) is -1.62. The summed E-state index contributed by atoms with van der Waals surface area (Å²) in [5, 5.41) is 11.2. The van der Waals surface area contributed by atoms with Crippen LogP contribution in [0.3, 0.4) is 0 Å². The minimum absolute atomic E-state index is 0.0670. The molecule has 0 aliphatic carbocycles. The van der Waals surface area contributed by atoms with Crippen LogP contribution in [-0.4, -0.2) is 60.3 Å². The highest BCUT2D eigenvalue weighted by Gasteiger charge is 2.42. The second-order valence-electron chi connectivity index (χ2n) is 6.52. The molecule has 1 fully saturated rings. The topological polar surface area (TPSA) is 95.0 Å². The van der Waals surface area contributed by atoms with Crippen molar-refractivity contribution < 1.29 is 23.1 Å². The van der Waals surface area contributed by atoms with Crippen LogP contribution >= 0.6 is 11.6 Å². The van der Waals surface area contributed by atoms with E-state index in [0.717, 1.165) is 9.69 Å². The second-order valence-corrected chi connectivity index (χ2v) is 8.96. The molecule has 9 heteroatoms. The largest absolute Gasteiger partial charge is 0.480 e. The average molecular weight is 411 g/mol. The Balaban J connectivity index is 1.90. The van der Waals surface area contributed by atoms with Crippen LogP contribution in [-0.2, 0) is 19.6 Å². The van der Waals surface area contributed by atoms with E-state index < -0.39 is 34.0 Å². The lowest BCUT2D eigenvalue weighted by Gasteiger charge is -2.25. The lowest BCUT2D eigenvalue weighted by atomic mass is 10.1. The van der Waals surface area contributed by atoms with Crippen LogP contribution in [0.25, 0.3) is 10.8 Å². The molecule has 0 aromatic heterocycles. The van der Waals surface area contributed by atoms with Gasteiger partial charge in [0, 0.05) is 18.6 Å². The first-order chi connectivity index (χ1) is 12.6. The number of benzene rings is 2. The zero-order valence-corrected chi connectivity index (χ0v) is 16.4. The number of aliphatic carboxylic acids is 1. The number of hydrogen-bond acceptors (Lipinski definition) is 4. The molecule has 3 rings (SSSR count). The SMILES string of the molecule is C[C@H](C(=O)O)N1CC[C@H](N(C)S(=O)(=O)c2ccc3cc(Cl)ccc3c2)C1=O. The molecule has 0 spiro atoms. The van der Waals surface area contributed by atoms with Crippen LogP contribution < -0.4 is 0 Å². The molecular formula is C18H19ClN2O5S. The van der Waals surface area contributed by atoms with E-state index in [9.17, 15) is 18.0 Å². The Morgan fingerprint density at radius 1 is 1.26 bits per heavy atom. The van der Waals surface area contributed by atoms with E-state index in [-0.39, 0.29) is 17.9 Å². The maximum Gasteiger partial charge on any atom is 0.326 e. The van der Waals surface area contributed by atoms with Gasteiger partial charge < -0.3 is 10.0 Å². The fourth-order valence-electron chi connectivity index (χ4n) is 3.23. The fourth-order valence-corrected chi connectivity index (χ4v) is 4.79. The summed E-state index contributed by atoms with van der Waals surface area (Å²) >= 11 is 5.95. The number of fused-ring (bicyclic) bond motifs is 1. The monoisotopic (exact) mass is 410 g/mol. The summed E-state index contributed by atoms with van der Waals surface area (Å²) in [5.41, 5.74) is 0. The fraction of sp³-hybridized carbons (Fsp3) is 0.333. The molecule has 1 N–H and O–H groups in total. The van der Waals surface area contributed by atoms with Gasteiger partial charge in [0.25, 0.3) is 0 Å². The maximum absolute atomic E-state index is 13.0. The number of hydrogen-bond donors (Lipinski definition) is 1. The van der Waals surface area contributed by atoms with Crippen LogP contribution in [0.1, 0.15) is 13.3 Å². The molecule has 0 bridgehead atoms. The molecule has 0 radical (unpaired) electrons. The third-order valence-corrected chi connectivity index (χ3v) is 7.02. The number of amides is 1. The van der Waals surface area contributed by atoms with Crippen LogP contribution in [0.15, 0.2) is 41.3 Å². The van der Waals surface area contributed by atoms with Gasteiger partial charge in [0.15, 0.2) is 0 Å². The molecule has 27 heavy (non-hydrogen) atoms. The number of likely N-dealkylation sites (tertiary alicyclic amines) is 1. The number of carboxylic acids is 1. The van der Waals surface area contributed by atoms with Gasteiger partial charge in [0.1, 0.15) is 12.1 Å². The Bertz CT molecular complexity index is 1020. The number of nitrogens with zero attached hydrogens (tertiary/aromatic N) is 2. The highest BCUT2D eigenvalue weighted by molar-refractivity contribution is 7.89. The highest BCUT2D eigenvalue weighted by atomic mass is 35.5. The van der Waals surface area contributed by atoms with E-state index in [1.54, 1.807) is 24.3 Å². The Morgan fingerprint density at radius 3 is 2.56 bits per heavy atom. The third-order valence-electron chi connectivity index (χ3n) is 4.93. The number of carboxylic acid groups (broad SMARTS) is 1. The molecule has 1 aliphatic heterocycles. The van der Waals surface area contributed by atoms with Gasteiger partial charge in [-0.3, -0.25) is 4.79 Å². The number of rotatable bonds is 5. The summed E-state index contributed by atoms with van der Waals surface area (Å²) in [6, 6.07) is 7.90. The van der Waals surface area contributed by atoms with Crippen molar-refractivity contribution in [3.63, 3.8) is 0 Å². The number of likely N-dealkylation sites (N-methyl/N-ethyl adjacent to an activating group) is 1. The van der Waals surface area contributed by atoms with Gasteiger partial charge in [0.2, 0.25) is 15.9 Å². The van der Waals surface area contributed by atoms with Gasteiger partial charge in [-0.1, -0.05) is 23.7 Å². The first-order valence-corrected chi connectivity index (χ1v) is 10.2. The summed E-state index contributed by atoms with van der Waals surface area (Å²) in [6.45, 7) is 1.61. The van der Waals surface area contributed by atoms with Crippen molar-refractivity contribution in [2.75, 3.05) is 13.6 Å². The normalized spacial score (nSPS) is 19.0. The van der Waals surface area contributed by atoms with Gasteiger partial charge in [-0.05, 0) is 48.4 Å². The zero-order chi connectivity index (χ0) is 19.9. The Labute approximate surface area is 162 Å². The first kappa shape index (κ1) is 19.6. The van der Waals surface area contributed by atoms with Crippen molar-refractivity contribution in [2.45, 2.75) is 30.3 Å². The highest BCUT2D eigenvalue weighted by Crippen LogP contribution is 2.27. The summed E-state index contributed by atoms with van der Waals surface area (Å²) < 4.78 is 27.0. The number of carbonyl (C=O) groups is 2. The predicted molar refractivity (Wildman–Crippen MR) is 101 cm³/mol.